The van der Waals surface area contributed by atoms with Gasteiger partial charge in [-0.15, -0.1) is 11.3 Å². The number of rotatable bonds is 5. The van der Waals surface area contributed by atoms with E-state index in [1.165, 1.54) is 0 Å². The second kappa shape index (κ2) is 7.33. The first kappa shape index (κ1) is 19.3. The molecule has 0 N–H and O–H groups in total. The first-order valence-corrected chi connectivity index (χ1v) is 12.4. The summed E-state index contributed by atoms with van der Waals surface area (Å²) < 4.78 is 6.67. The first-order chi connectivity index (χ1) is 14.6. The summed E-state index contributed by atoms with van der Waals surface area (Å²) >= 11 is 17.9. The van der Waals surface area contributed by atoms with E-state index in [4.69, 9.17) is 27.7 Å². The van der Waals surface area contributed by atoms with Gasteiger partial charge in [0.15, 0.2) is 5.13 Å². The standard InChI is InChI=1S/C21H17BrCl2N4OS/c22-17-9-30-21(26-17)28-7-13-11(14(13)8-28)3-4-12-19(27-29-20(12)10-1-2-10)18-15(23)5-25-6-16(18)24/h3-6,9-11,13-14H,1-2,7-8H2/b4-3+. The molecule has 0 aromatic carbocycles. The van der Waals surface area contributed by atoms with Crippen LogP contribution in [0, 0.1) is 17.8 Å². The van der Waals surface area contributed by atoms with Gasteiger partial charge in [-0.05, 0) is 46.5 Å². The molecule has 30 heavy (non-hydrogen) atoms. The summed E-state index contributed by atoms with van der Waals surface area (Å²) in [6.45, 7) is 2.13. The second-order valence-corrected chi connectivity index (χ2v) is 10.6. The third kappa shape index (κ3) is 3.30. The number of halogens is 3. The molecule has 3 aromatic rings. The van der Waals surface area contributed by atoms with Gasteiger partial charge in [0.25, 0.3) is 0 Å². The zero-order valence-electron chi connectivity index (χ0n) is 15.8. The number of aromatic nitrogens is 3. The van der Waals surface area contributed by atoms with Crippen LogP contribution in [0.1, 0.15) is 30.1 Å². The van der Waals surface area contributed by atoms with Crippen LogP contribution in [0.5, 0.6) is 0 Å². The largest absolute Gasteiger partial charge is 0.360 e. The van der Waals surface area contributed by atoms with Crippen molar-refractivity contribution in [1.82, 2.24) is 15.1 Å². The number of allylic oxidation sites excluding steroid dienone is 1. The molecule has 3 aliphatic rings. The highest BCUT2D eigenvalue weighted by molar-refractivity contribution is 9.10. The molecule has 1 aliphatic heterocycles. The minimum atomic E-state index is 0.447. The molecule has 3 fully saturated rings. The molecular weight excluding hydrogens is 507 g/mol. The molecule has 2 aliphatic carbocycles. The topological polar surface area (TPSA) is 55.1 Å². The lowest BCUT2D eigenvalue weighted by Crippen LogP contribution is -2.23. The summed E-state index contributed by atoms with van der Waals surface area (Å²) in [6.07, 6.45) is 9.98. The Kier molecular flexibility index (Phi) is 4.71. The number of anilines is 1. The highest BCUT2D eigenvalue weighted by atomic mass is 79.9. The summed E-state index contributed by atoms with van der Waals surface area (Å²) in [5.74, 6) is 3.35. The highest BCUT2D eigenvalue weighted by Crippen LogP contribution is 2.54. The van der Waals surface area contributed by atoms with Crippen LogP contribution in [0.15, 0.2) is 33.0 Å². The van der Waals surface area contributed by atoms with Gasteiger partial charge >= 0.3 is 0 Å². The van der Waals surface area contributed by atoms with Crippen LogP contribution in [0.25, 0.3) is 17.3 Å². The molecule has 0 amide bonds. The average Bonchev–Trinajstić information content (AvgIpc) is 3.49. The summed E-state index contributed by atoms with van der Waals surface area (Å²) in [6, 6.07) is 0. The van der Waals surface area contributed by atoms with Crippen LogP contribution in [-0.2, 0) is 0 Å². The van der Waals surface area contributed by atoms with E-state index in [1.54, 1.807) is 23.7 Å². The Morgan fingerprint density at radius 2 is 1.90 bits per heavy atom. The summed E-state index contributed by atoms with van der Waals surface area (Å²) in [5, 5.41) is 8.47. The number of hydrogen-bond acceptors (Lipinski definition) is 6. The molecule has 3 aromatic heterocycles. The van der Waals surface area contributed by atoms with Crippen LogP contribution < -0.4 is 4.90 Å². The Morgan fingerprint density at radius 1 is 1.17 bits per heavy atom. The lowest BCUT2D eigenvalue weighted by Gasteiger charge is -2.17. The van der Waals surface area contributed by atoms with Gasteiger partial charge in [0.1, 0.15) is 16.1 Å². The maximum atomic E-state index is 6.40. The normalized spacial score (nSPS) is 25.3. The Balaban J connectivity index is 1.25. The summed E-state index contributed by atoms with van der Waals surface area (Å²) in [4.78, 5) is 11.0. The maximum absolute atomic E-state index is 6.40. The predicted molar refractivity (Wildman–Crippen MR) is 123 cm³/mol. The minimum Gasteiger partial charge on any atom is -0.360 e. The van der Waals surface area contributed by atoms with E-state index in [2.05, 4.69) is 48.1 Å². The van der Waals surface area contributed by atoms with Gasteiger partial charge < -0.3 is 9.42 Å². The van der Waals surface area contributed by atoms with E-state index < -0.39 is 0 Å². The van der Waals surface area contributed by atoms with Crippen molar-refractivity contribution in [2.24, 2.45) is 17.8 Å². The SMILES string of the molecule is Clc1cncc(Cl)c1-c1noc(C2CC2)c1/C=C/C1C2CN(c3nc(Br)cs3)CC12. The number of piperidine rings is 1. The van der Waals surface area contributed by atoms with E-state index in [-0.39, 0.29) is 0 Å². The van der Waals surface area contributed by atoms with E-state index in [0.717, 1.165) is 47.0 Å². The first-order valence-electron chi connectivity index (χ1n) is 9.93. The van der Waals surface area contributed by atoms with Crippen LogP contribution in [0.3, 0.4) is 0 Å². The molecule has 4 heterocycles. The maximum Gasteiger partial charge on any atom is 0.186 e. The second-order valence-electron chi connectivity index (χ2n) is 8.18. The molecule has 9 heteroatoms. The van der Waals surface area contributed by atoms with E-state index in [0.29, 0.717) is 45.0 Å². The fourth-order valence-corrected chi connectivity index (χ4v) is 6.35. The molecule has 0 bridgehead atoms. The molecule has 5 nitrogen and oxygen atoms in total. The van der Waals surface area contributed by atoms with Crippen molar-refractivity contribution in [3.05, 3.63) is 49.8 Å². The number of thiazole rings is 1. The van der Waals surface area contributed by atoms with Gasteiger partial charge in [-0.3, -0.25) is 4.98 Å². The molecule has 154 valence electrons. The van der Waals surface area contributed by atoms with Crippen LogP contribution in [-0.4, -0.2) is 28.2 Å². The predicted octanol–water partition coefficient (Wildman–Crippen LogP) is 6.54. The minimum absolute atomic E-state index is 0.447. The molecule has 6 rings (SSSR count). The average molecular weight is 524 g/mol. The van der Waals surface area contributed by atoms with Gasteiger partial charge in [0.05, 0.1) is 10.0 Å². The van der Waals surface area contributed by atoms with Crippen molar-refractivity contribution in [3.8, 4) is 11.3 Å². The number of pyridine rings is 1. The van der Waals surface area contributed by atoms with Gasteiger partial charge in [0.2, 0.25) is 0 Å². The zero-order valence-corrected chi connectivity index (χ0v) is 19.7. The molecule has 1 saturated heterocycles. The Morgan fingerprint density at radius 3 is 2.53 bits per heavy atom. The smallest absolute Gasteiger partial charge is 0.186 e. The highest BCUT2D eigenvalue weighted by Gasteiger charge is 2.54. The monoisotopic (exact) mass is 522 g/mol. The number of fused-ring (bicyclic) bond motifs is 1. The number of nitrogens with zero attached hydrogens (tertiary/aromatic N) is 4. The van der Waals surface area contributed by atoms with Crippen LogP contribution in [0.4, 0.5) is 5.13 Å². The van der Waals surface area contributed by atoms with Crippen molar-refractivity contribution < 1.29 is 4.52 Å². The molecule has 2 atom stereocenters. The summed E-state index contributed by atoms with van der Waals surface area (Å²) in [5.41, 5.74) is 2.42. The van der Waals surface area contributed by atoms with Crippen LogP contribution in [0.2, 0.25) is 10.0 Å². The molecule has 2 unspecified atom stereocenters. The molecule has 0 radical (unpaired) electrons. The lowest BCUT2D eigenvalue weighted by atomic mass is 10.0. The van der Waals surface area contributed by atoms with Crippen molar-refractivity contribution in [2.75, 3.05) is 18.0 Å². The van der Waals surface area contributed by atoms with E-state index in [9.17, 15) is 0 Å². The van der Waals surface area contributed by atoms with Gasteiger partial charge in [-0.1, -0.05) is 40.5 Å². The van der Waals surface area contributed by atoms with E-state index >= 15 is 0 Å². The fourth-order valence-electron chi connectivity index (χ4n) is 4.54. The quantitative estimate of drug-likeness (QED) is 0.380. The Labute approximate surface area is 196 Å². The van der Waals surface area contributed by atoms with Crippen molar-refractivity contribution in [2.45, 2.75) is 18.8 Å². The van der Waals surface area contributed by atoms with Gasteiger partial charge in [0, 0.05) is 47.9 Å². The lowest BCUT2D eigenvalue weighted by molar-refractivity contribution is 0.386. The van der Waals surface area contributed by atoms with E-state index in [1.807, 2.05) is 5.38 Å². The van der Waals surface area contributed by atoms with Gasteiger partial charge in [-0.25, -0.2) is 4.98 Å². The third-order valence-corrected chi connectivity index (χ3v) is 8.46. The van der Waals surface area contributed by atoms with Crippen molar-refractivity contribution in [1.29, 1.82) is 0 Å². The fraction of sp³-hybridized carbons (Fsp3) is 0.381. The Bertz CT molecular complexity index is 1130. The molecule has 0 spiro atoms. The Hall–Kier alpha value is -1.41. The number of hydrogen-bond donors (Lipinski definition) is 0. The zero-order chi connectivity index (χ0) is 20.4. The van der Waals surface area contributed by atoms with Crippen molar-refractivity contribution >= 4 is 61.7 Å². The molecular formula is C21H17BrCl2N4OS. The summed E-state index contributed by atoms with van der Waals surface area (Å²) in [7, 11) is 0. The van der Waals surface area contributed by atoms with Crippen LogP contribution >= 0.6 is 50.5 Å². The third-order valence-electron chi connectivity index (χ3n) is 6.27. The molecule has 2 saturated carbocycles. The van der Waals surface area contributed by atoms with Gasteiger partial charge in [-0.2, -0.15) is 0 Å². The van der Waals surface area contributed by atoms with Crippen molar-refractivity contribution in [3.63, 3.8) is 0 Å².